The van der Waals surface area contributed by atoms with Gasteiger partial charge in [-0.3, -0.25) is 10.2 Å². The van der Waals surface area contributed by atoms with Crippen molar-refractivity contribution in [2.45, 2.75) is 38.0 Å². The standard InChI is InChI=1S/C17H21ClN2O/c18-14-4-2-1-3-13(14)15-12-6-10-5-11(7-12)9-17(15,8-10)16(21)20-19/h1-4,10-12,15H,5-9,19H2,(H,20,21). The number of amides is 1. The Labute approximate surface area is 130 Å². The van der Waals surface area contributed by atoms with Gasteiger partial charge in [-0.2, -0.15) is 0 Å². The number of nitrogens with two attached hydrogens (primary N) is 1. The average molecular weight is 305 g/mol. The Hall–Kier alpha value is -1.06. The maximum atomic E-state index is 12.7. The Morgan fingerprint density at radius 1 is 1.19 bits per heavy atom. The topological polar surface area (TPSA) is 55.1 Å². The molecule has 4 aliphatic rings. The summed E-state index contributed by atoms with van der Waals surface area (Å²) in [5, 5.41) is 0.791. The third-order valence-electron chi connectivity index (χ3n) is 6.14. The molecule has 3 nitrogen and oxygen atoms in total. The van der Waals surface area contributed by atoms with E-state index in [0.29, 0.717) is 17.8 Å². The van der Waals surface area contributed by atoms with Gasteiger partial charge < -0.3 is 0 Å². The van der Waals surface area contributed by atoms with Crippen molar-refractivity contribution >= 4 is 17.5 Å². The maximum Gasteiger partial charge on any atom is 0.240 e. The molecule has 0 aliphatic heterocycles. The van der Waals surface area contributed by atoms with Gasteiger partial charge in [0.1, 0.15) is 0 Å². The molecule has 0 saturated heterocycles. The van der Waals surface area contributed by atoms with Crippen LogP contribution >= 0.6 is 11.6 Å². The summed E-state index contributed by atoms with van der Waals surface area (Å²) >= 11 is 6.46. The fourth-order valence-corrected chi connectivity index (χ4v) is 6.04. The van der Waals surface area contributed by atoms with Crippen molar-refractivity contribution < 1.29 is 4.79 Å². The Morgan fingerprint density at radius 2 is 1.86 bits per heavy atom. The minimum Gasteiger partial charge on any atom is -0.294 e. The highest BCUT2D eigenvalue weighted by Gasteiger charge is 2.61. The van der Waals surface area contributed by atoms with E-state index in [1.807, 2.05) is 18.2 Å². The van der Waals surface area contributed by atoms with Crippen LogP contribution in [-0.4, -0.2) is 5.91 Å². The summed E-state index contributed by atoms with van der Waals surface area (Å²) < 4.78 is 0. The predicted molar refractivity (Wildman–Crippen MR) is 82.5 cm³/mol. The van der Waals surface area contributed by atoms with Crippen molar-refractivity contribution in [1.29, 1.82) is 0 Å². The van der Waals surface area contributed by atoms with Gasteiger partial charge in [-0.15, -0.1) is 0 Å². The van der Waals surface area contributed by atoms with Crippen molar-refractivity contribution in [3.63, 3.8) is 0 Å². The van der Waals surface area contributed by atoms with E-state index in [4.69, 9.17) is 17.4 Å². The second kappa shape index (κ2) is 4.72. The summed E-state index contributed by atoms with van der Waals surface area (Å²) in [5.41, 5.74) is 3.27. The highest BCUT2D eigenvalue weighted by molar-refractivity contribution is 6.31. The monoisotopic (exact) mass is 304 g/mol. The zero-order valence-corrected chi connectivity index (χ0v) is 12.8. The van der Waals surface area contributed by atoms with Gasteiger partial charge in [0, 0.05) is 10.9 Å². The van der Waals surface area contributed by atoms with Crippen LogP contribution in [-0.2, 0) is 4.79 Å². The van der Waals surface area contributed by atoms with Crippen molar-refractivity contribution in [2.75, 3.05) is 0 Å². The smallest absolute Gasteiger partial charge is 0.240 e. The molecule has 1 amide bonds. The van der Waals surface area contributed by atoms with E-state index in [-0.39, 0.29) is 17.2 Å². The molecule has 4 fully saturated rings. The van der Waals surface area contributed by atoms with Crippen LogP contribution in [0.5, 0.6) is 0 Å². The number of carbonyl (C=O) groups excluding carboxylic acids is 1. The Bertz CT molecular complexity index is 574. The number of hydrazine groups is 1. The minimum atomic E-state index is -0.339. The molecule has 0 aromatic heterocycles. The van der Waals surface area contributed by atoms with E-state index in [0.717, 1.165) is 23.4 Å². The first-order chi connectivity index (χ1) is 10.1. The van der Waals surface area contributed by atoms with Gasteiger partial charge >= 0.3 is 0 Å². The van der Waals surface area contributed by atoms with Crippen LogP contribution in [0.1, 0.15) is 43.6 Å². The molecular weight excluding hydrogens is 284 g/mol. The normalized spacial score (nSPS) is 40.3. The molecule has 3 N–H and O–H groups in total. The lowest BCUT2D eigenvalue weighted by Gasteiger charge is -2.60. The van der Waals surface area contributed by atoms with Gasteiger partial charge in [-0.1, -0.05) is 29.8 Å². The molecule has 0 radical (unpaired) electrons. The second-order valence-electron chi connectivity index (χ2n) is 7.24. The first-order valence-corrected chi connectivity index (χ1v) is 8.27. The van der Waals surface area contributed by atoms with E-state index in [1.54, 1.807) is 0 Å². The fraction of sp³-hybridized carbons (Fsp3) is 0.588. The largest absolute Gasteiger partial charge is 0.294 e. The maximum absolute atomic E-state index is 12.7. The van der Waals surface area contributed by atoms with Gasteiger partial charge in [0.05, 0.1) is 5.41 Å². The molecule has 21 heavy (non-hydrogen) atoms. The number of hydrogen-bond donors (Lipinski definition) is 2. The third kappa shape index (κ3) is 1.87. The van der Waals surface area contributed by atoms with Gasteiger partial charge in [0.25, 0.3) is 0 Å². The Morgan fingerprint density at radius 3 is 2.48 bits per heavy atom. The lowest BCUT2D eigenvalue weighted by molar-refractivity contribution is -0.150. The van der Waals surface area contributed by atoms with E-state index >= 15 is 0 Å². The summed E-state index contributed by atoms with van der Waals surface area (Å²) in [7, 11) is 0. The molecule has 112 valence electrons. The molecule has 5 rings (SSSR count). The molecule has 0 heterocycles. The summed E-state index contributed by atoms with van der Waals surface area (Å²) in [6.07, 6.45) is 5.72. The summed E-state index contributed by atoms with van der Waals surface area (Å²) in [6, 6.07) is 8.02. The van der Waals surface area contributed by atoms with Gasteiger partial charge in [0.2, 0.25) is 5.91 Å². The summed E-state index contributed by atoms with van der Waals surface area (Å²) in [5.74, 6) is 7.75. The first-order valence-electron chi connectivity index (χ1n) is 7.89. The van der Waals surface area contributed by atoms with Gasteiger partial charge in [-0.25, -0.2) is 5.84 Å². The van der Waals surface area contributed by atoms with Crippen LogP contribution in [0.15, 0.2) is 24.3 Å². The van der Waals surface area contributed by atoms with Crippen LogP contribution in [0.25, 0.3) is 0 Å². The number of hydrogen-bond acceptors (Lipinski definition) is 2. The molecule has 4 saturated carbocycles. The van der Waals surface area contributed by atoms with Crippen molar-refractivity contribution in [1.82, 2.24) is 5.43 Å². The lowest BCUT2D eigenvalue weighted by atomic mass is 9.43. The molecule has 3 unspecified atom stereocenters. The van der Waals surface area contributed by atoms with Crippen LogP contribution in [0, 0.1) is 23.2 Å². The second-order valence-corrected chi connectivity index (χ2v) is 7.64. The van der Waals surface area contributed by atoms with Crippen LogP contribution in [0.4, 0.5) is 0 Å². The average Bonchev–Trinajstić information content (AvgIpc) is 2.47. The van der Waals surface area contributed by atoms with Crippen molar-refractivity contribution in [3.05, 3.63) is 34.9 Å². The zero-order chi connectivity index (χ0) is 14.6. The predicted octanol–water partition coefficient (Wildman–Crippen LogP) is 3.24. The molecule has 4 aliphatic carbocycles. The molecule has 4 bridgehead atoms. The van der Waals surface area contributed by atoms with E-state index in [2.05, 4.69) is 11.5 Å². The lowest BCUT2D eigenvalue weighted by Crippen LogP contribution is -2.59. The van der Waals surface area contributed by atoms with E-state index in [9.17, 15) is 4.79 Å². The SMILES string of the molecule is NNC(=O)C12CC3CC(CC(C3)C1c1ccccc1Cl)C2. The van der Waals surface area contributed by atoms with Gasteiger partial charge in [0.15, 0.2) is 0 Å². The van der Waals surface area contributed by atoms with E-state index in [1.165, 1.54) is 19.3 Å². The number of nitrogens with one attached hydrogen (secondary N) is 1. The number of benzene rings is 1. The molecular formula is C17H21ClN2O. The van der Waals surface area contributed by atoms with E-state index < -0.39 is 0 Å². The Balaban J connectivity index is 1.84. The number of halogens is 1. The van der Waals surface area contributed by atoms with Crippen LogP contribution in [0.3, 0.4) is 0 Å². The third-order valence-corrected chi connectivity index (χ3v) is 6.48. The number of rotatable bonds is 2. The first kappa shape index (κ1) is 13.6. The van der Waals surface area contributed by atoms with Gasteiger partial charge in [-0.05, 0) is 61.5 Å². The van der Waals surface area contributed by atoms with Crippen molar-refractivity contribution in [2.24, 2.45) is 29.0 Å². The zero-order valence-electron chi connectivity index (χ0n) is 12.0. The minimum absolute atomic E-state index is 0.0199. The highest BCUT2D eigenvalue weighted by atomic mass is 35.5. The molecule has 1 aromatic rings. The molecule has 3 atom stereocenters. The Kier molecular flexibility index (Phi) is 3.05. The summed E-state index contributed by atoms with van der Waals surface area (Å²) in [4.78, 5) is 12.7. The number of carbonyl (C=O) groups is 1. The molecule has 1 aromatic carbocycles. The summed E-state index contributed by atoms with van der Waals surface area (Å²) in [6.45, 7) is 0. The molecule has 0 spiro atoms. The highest BCUT2D eigenvalue weighted by Crippen LogP contribution is 2.66. The van der Waals surface area contributed by atoms with Crippen LogP contribution < -0.4 is 11.3 Å². The van der Waals surface area contributed by atoms with Crippen LogP contribution in [0.2, 0.25) is 5.02 Å². The van der Waals surface area contributed by atoms with Crippen molar-refractivity contribution in [3.8, 4) is 0 Å². The quantitative estimate of drug-likeness (QED) is 0.501. The fourth-order valence-electron chi connectivity index (χ4n) is 5.79. The molecule has 4 heteroatoms.